The van der Waals surface area contributed by atoms with E-state index in [4.69, 9.17) is 4.74 Å². The lowest BCUT2D eigenvalue weighted by Gasteiger charge is -2.34. The molecule has 1 saturated carbocycles. The molecule has 0 radical (unpaired) electrons. The fraction of sp³-hybridized carbons (Fsp3) is 0.917. The first-order valence-electron chi connectivity index (χ1n) is 6.12. The molecule has 1 rings (SSSR count). The molecule has 0 spiro atoms. The standard InChI is InChI=1S/C12H23NO3/c1-10(14)8-13(9-12(15)16-2)11-6-4-3-5-7-11/h10-11,14H,3-9H2,1-2H3. The third kappa shape index (κ3) is 4.49. The van der Waals surface area contributed by atoms with Crippen molar-refractivity contribution in [2.45, 2.75) is 51.2 Å². The minimum atomic E-state index is -0.397. The van der Waals surface area contributed by atoms with Gasteiger partial charge < -0.3 is 9.84 Å². The summed E-state index contributed by atoms with van der Waals surface area (Å²) in [5, 5.41) is 9.45. The van der Waals surface area contributed by atoms with Gasteiger partial charge in [-0.1, -0.05) is 19.3 Å². The van der Waals surface area contributed by atoms with E-state index in [9.17, 15) is 9.90 Å². The van der Waals surface area contributed by atoms with E-state index in [1.54, 1.807) is 6.92 Å². The third-order valence-corrected chi connectivity index (χ3v) is 3.15. The van der Waals surface area contributed by atoms with Crippen LogP contribution in [0, 0.1) is 0 Å². The molecule has 4 heteroatoms. The lowest BCUT2D eigenvalue weighted by Crippen LogP contribution is -2.44. The summed E-state index contributed by atoms with van der Waals surface area (Å²) in [7, 11) is 1.41. The molecule has 1 aliphatic carbocycles. The Hall–Kier alpha value is -0.610. The maximum Gasteiger partial charge on any atom is 0.319 e. The quantitative estimate of drug-likeness (QED) is 0.719. The number of esters is 1. The van der Waals surface area contributed by atoms with Crippen LogP contribution < -0.4 is 0 Å². The highest BCUT2D eigenvalue weighted by atomic mass is 16.5. The highest BCUT2D eigenvalue weighted by molar-refractivity contribution is 5.71. The molecule has 1 atom stereocenters. The maximum atomic E-state index is 11.3. The van der Waals surface area contributed by atoms with Crippen LogP contribution in [0.5, 0.6) is 0 Å². The molecule has 94 valence electrons. The second kappa shape index (κ2) is 6.86. The van der Waals surface area contributed by atoms with E-state index in [1.165, 1.54) is 26.4 Å². The number of aliphatic hydroxyl groups excluding tert-OH is 1. The second-order valence-electron chi connectivity index (χ2n) is 4.65. The van der Waals surface area contributed by atoms with E-state index < -0.39 is 6.10 Å². The van der Waals surface area contributed by atoms with E-state index in [-0.39, 0.29) is 5.97 Å². The Bertz CT molecular complexity index is 212. The van der Waals surface area contributed by atoms with Crippen molar-refractivity contribution in [2.75, 3.05) is 20.2 Å². The van der Waals surface area contributed by atoms with Gasteiger partial charge in [-0.25, -0.2) is 0 Å². The van der Waals surface area contributed by atoms with Gasteiger partial charge in [0.05, 0.1) is 19.8 Å². The van der Waals surface area contributed by atoms with Crippen LogP contribution in [0.4, 0.5) is 0 Å². The Morgan fingerprint density at radius 1 is 1.44 bits per heavy atom. The van der Waals surface area contributed by atoms with Crippen molar-refractivity contribution in [3.8, 4) is 0 Å². The minimum absolute atomic E-state index is 0.216. The predicted molar refractivity (Wildman–Crippen MR) is 62.1 cm³/mol. The molecule has 0 saturated heterocycles. The summed E-state index contributed by atoms with van der Waals surface area (Å²) in [5.74, 6) is -0.216. The van der Waals surface area contributed by atoms with Crippen LogP contribution in [-0.2, 0) is 9.53 Å². The number of nitrogens with zero attached hydrogens (tertiary/aromatic N) is 1. The zero-order valence-corrected chi connectivity index (χ0v) is 10.3. The van der Waals surface area contributed by atoms with Gasteiger partial charge >= 0.3 is 5.97 Å². The molecule has 1 unspecified atom stereocenters. The highest BCUT2D eigenvalue weighted by Gasteiger charge is 2.24. The van der Waals surface area contributed by atoms with Gasteiger partial charge in [0.15, 0.2) is 0 Å². The van der Waals surface area contributed by atoms with Gasteiger partial charge in [0.25, 0.3) is 0 Å². The Morgan fingerprint density at radius 3 is 2.56 bits per heavy atom. The summed E-state index contributed by atoms with van der Waals surface area (Å²) in [6.07, 6.45) is 5.60. The summed E-state index contributed by atoms with van der Waals surface area (Å²) >= 11 is 0. The van der Waals surface area contributed by atoms with Gasteiger partial charge in [0.2, 0.25) is 0 Å². The average Bonchev–Trinajstić information content (AvgIpc) is 2.28. The number of rotatable bonds is 5. The first kappa shape index (κ1) is 13.5. The zero-order valence-electron chi connectivity index (χ0n) is 10.3. The predicted octanol–water partition coefficient (Wildman–Crippen LogP) is 1.17. The topological polar surface area (TPSA) is 49.8 Å². The first-order chi connectivity index (χ1) is 7.63. The van der Waals surface area contributed by atoms with Crippen LogP contribution in [0.2, 0.25) is 0 Å². The molecule has 0 aromatic carbocycles. The van der Waals surface area contributed by atoms with Crippen LogP contribution in [0.1, 0.15) is 39.0 Å². The van der Waals surface area contributed by atoms with Crippen molar-refractivity contribution in [3.05, 3.63) is 0 Å². The molecule has 0 aliphatic heterocycles. The molecule has 0 aromatic rings. The van der Waals surface area contributed by atoms with E-state index >= 15 is 0 Å². The van der Waals surface area contributed by atoms with Crippen LogP contribution >= 0.6 is 0 Å². The molecular formula is C12H23NO3. The number of carbonyl (C=O) groups is 1. The molecule has 0 bridgehead atoms. The molecule has 16 heavy (non-hydrogen) atoms. The molecule has 1 N–H and O–H groups in total. The lowest BCUT2D eigenvalue weighted by atomic mass is 9.94. The van der Waals surface area contributed by atoms with Gasteiger partial charge in [-0.3, -0.25) is 9.69 Å². The van der Waals surface area contributed by atoms with Gasteiger partial charge in [0, 0.05) is 12.6 Å². The molecule has 1 fully saturated rings. The van der Waals surface area contributed by atoms with Gasteiger partial charge in [-0.15, -0.1) is 0 Å². The summed E-state index contributed by atoms with van der Waals surface area (Å²) in [6.45, 7) is 2.61. The van der Waals surface area contributed by atoms with Crippen LogP contribution in [-0.4, -0.2) is 48.3 Å². The summed E-state index contributed by atoms with van der Waals surface area (Å²) in [6, 6.07) is 0.433. The van der Waals surface area contributed by atoms with E-state index in [0.29, 0.717) is 19.1 Å². The third-order valence-electron chi connectivity index (χ3n) is 3.15. The summed E-state index contributed by atoms with van der Waals surface area (Å²) in [5.41, 5.74) is 0. The Kier molecular flexibility index (Phi) is 5.77. The average molecular weight is 229 g/mol. The van der Waals surface area contributed by atoms with E-state index in [2.05, 4.69) is 4.90 Å². The fourth-order valence-corrected chi connectivity index (χ4v) is 2.36. The van der Waals surface area contributed by atoms with Crippen molar-refractivity contribution in [2.24, 2.45) is 0 Å². The number of hydrogen-bond donors (Lipinski definition) is 1. The Morgan fingerprint density at radius 2 is 2.06 bits per heavy atom. The number of methoxy groups -OCH3 is 1. The molecule has 4 nitrogen and oxygen atoms in total. The largest absolute Gasteiger partial charge is 0.468 e. The van der Waals surface area contributed by atoms with Gasteiger partial charge in [-0.05, 0) is 19.8 Å². The van der Waals surface area contributed by atoms with Crippen molar-refractivity contribution in [3.63, 3.8) is 0 Å². The number of carbonyl (C=O) groups excluding carboxylic acids is 1. The summed E-state index contributed by atoms with van der Waals surface area (Å²) in [4.78, 5) is 13.4. The second-order valence-corrected chi connectivity index (χ2v) is 4.65. The number of aliphatic hydroxyl groups is 1. The minimum Gasteiger partial charge on any atom is -0.468 e. The van der Waals surface area contributed by atoms with Crippen LogP contribution in [0.15, 0.2) is 0 Å². The van der Waals surface area contributed by atoms with Crippen LogP contribution in [0.25, 0.3) is 0 Å². The van der Waals surface area contributed by atoms with Gasteiger partial charge in [0.1, 0.15) is 0 Å². The first-order valence-corrected chi connectivity index (χ1v) is 6.12. The van der Waals surface area contributed by atoms with Crippen molar-refractivity contribution >= 4 is 5.97 Å². The van der Waals surface area contributed by atoms with Crippen molar-refractivity contribution in [1.29, 1.82) is 0 Å². The highest BCUT2D eigenvalue weighted by Crippen LogP contribution is 2.22. The zero-order chi connectivity index (χ0) is 12.0. The SMILES string of the molecule is COC(=O)CN(CC(C)O)C1CCCCC1. The molecule has 0 heterocycles. The van der Waals surface area contributed by atoms with Gasteiger partial charge in [-0.2, -0.15) is 0 Å². The van der Waals surface area contributed by atoms with Crippen molar-refractivity contribution in [1.82, 2.24) is 4.90 Å². The smallest absolute Gasteiger partial charge is 0.319 e. The lowest BCUT2D eigenvalue weighted by molar-refractivity contribution is -0.143. The van der Waals surface area contributed by atoms with E-state index in [1.807, 2.05) is 0 Å². The normalized spacial score (nSPS) is 19.8. The summed E-state index contributed by atoms with van der Waals surface area (Å²) < 4.78 is 4.69. The van der Waals surface area contributed by atoms with E-state index in [0.717, 1.165) is 12.8 Å². The molecule has 1 aliphatic rings. The fourth-order valence-electron chi connectivity index (χ4n) is 2.36. The molecule has 0 amide bonds. The number of ether oxygens (including phenoxy) is 1. The number of hydrogen-bond acceptors (Lipinski definition) is 4. The molecule has 0 aromatic heterocycles. The van der Waals surface area contributed by atoms with Crippen molar-refractivity contribution < 1.29 is 14.6 Å². The maximum absolute atomic E-state index is 11.3. The Labute approximate surface area is 97.6 Å². The monoisotopic (exact) mass is 229 g/mol. The van der Waals surface area contributed by atoms with Crippen LogP contribution in [0.3, 0.4) is 0 Å². The molecular weight excluding hydrogens is 206 g/mol. The Balaban J connectivity index is 2.50.